The minimum atomic E-state index is -0.488. The van der Waals surface area contributed by atoms with Crippen LogP contribution in [0.3, 0.4) is 0 Å². The summed E-state index contributed by atoms with van der Waals surface area (Å²) in [6.45, 7) is 5.29. The minimum Gasteiger partial charge on any atom is -0.504 e. The molecule has 4 rings (SSSR count). The maximum Gasteiger partial charge on any atom is 0.219 e. The predicted molar refractivity (Wildman–Crippen MR) is 122 cm³/mol. The van der Waals surface area contributed by atoms with Crippen molar-refractivity contribution in [1.29, 1.82) is 0 Å². The summed E-state index contributed by atoms with van der Waals surface area (Å²) in [5.41, 5.74) is 2.29. The summed E-state index contributed by atoms with van der Waals surface area (Å²) < 4.78 is 5.60. The number of hydrogen-bond acceptors (Lipinski definition) is 5. The first-order valence-corrected chi connectivity index (χ1v) is 11.1. The number of nitrogens with zero attached hydrogens (tertiary/aromatic N) is 2. The minimum absolute atomic E-state index is 0.0890. The quantitative estimate of drug-likeness (QED) is 0.741. The summed E-state index contributed by atoms with van der Waals surface area (Å²) in [7, 11) is 0. The second kappa shape index (κ2) is 8.89. The maximum atomic E-state index is 11.8. The van der Waals surface area contributed by atoms with Crippen LogP contribution in [0.1, 0.15) is 50.3 Å². The van der Waals surface area contributed by atoms with Crippen LogP contribution < -0.4 is 10.1 Å². The molecule has 0 bridgehead atoms. The highest BCUT2D eigenvalue weighted by atomic mass is 35.5. The van der Waals surface area contributed by atoms with Gasteiger partial charge in [-0.05, 0) is 30.7 Å². The van der Waals surface area contributed by atoms with Crippen molar-refractivity contribution in [3.63, 3.8) is 0 Å². The van der Waals surface area contributed by atoms with Crippen LogP contribution in [-0.4, -0.2) is 47.0 Å². The molecule has 0 saturated carbocycles. The van der Waals surface area contributed by atoms with Crippen molar-refractivity contribution in [2.75, 3.05) is 19.7 Å². The number of hydrogen-bond donors (Lipinski definition) is 2. The Bertz CT molecular complexity index is 982. The average Bonchev–Trinajstić information content (AvgIpc) is 2.76. The molecule has 2 aliphatic heterocycles. The topological polar surface area (TPSA) is 74.2 Å². The Labute approximate surface area is 187 Å². The Hall–Kier alpha value is -2.57. The van der Waals surface area contributed by atoms with Crippen LogP contribution in [0.15, 0.2) is 47.5 Å². The van der Waals surface area contributed by atoms with E-state index in [1.807, 2.05) is 48.2 Å². The van der Waals surface area contributed by atoms with E-state index in [0.717, 1.165) is 16.8 Å². The van der Waals surface area contributed by atoms with E-state index >= 15 is 0 Å². The maximum absolute atomic E-state index is 11.8. The highest BCUT2D eigenvalue weighted by molar-refractivity contribution is 6.30. The van der Waals surface area contributed by atoms with Crippen LogP contribution in [0, 0.1) is 0 Å². The average molecular weight is 442 g/mol. The van der Waals surface area contributed by atoms with Gasteiger partial charge in [0.1, 0.15) is 5.66 Å². The number of phenolic OH excluding ortho intramolecular Hbond substituents is 1. The molecule has 1 unspecified atom stereocenters. The van der Waals surface area contributed by atoms with E-state index in [-0.39, 0.29) is 17.7 Å². The zero-order valence-corrected chi connectivity index (χ0v) is 18.7. The lowest BCUT2D eigenvalue weighted by Gasteiger charge is -2.45. The van der Waals surface area contributed by atoms with Gasteiger partial charge in [0.05, 0.1) is 6.61 Å². The molecular weight excluding hydrogens is 414 g/mol. The number of benzene rings is 2. The van der Waals surface area contributed by atoms with E-state index in [2.05, 4.69) is 5.32 Å². The number of halogens is 1. The molecule has 31 heavy (non-hydrogen) atoms. The second-order valence-electron chi connectivity index (χ2n) is 8.13. The van der Waals surface area contributed by atoms with Gasteiger partial charge in [-0.1, -0.05) is 35.9 Å². The lowest BCUT2D eigenvalue weighted by Crippen LogP contribution is -2.56. The van der Waals surface area contributed by atoms with Gasteiger partial charge < -0.3 is 14.7 Å². The zero-order chi connectivity index (χ0) is 22.0. The number of para-hydroxylation sites is 1. The third-order valence-electron chi connectivity index (χ3n) is 6.11. The molecule has 1 saturated heterocycles. The summed E-state index contributed by atoms with van der Waals surface area (Å²) in [5, 5.41) is 15.3. The van der Waals surface area contributed by atoms with Crippen LogP contribution in [0.4, 0.5) is 0 Å². The standard InChI is InChI=1S/C24H28ClN3O3/c1-3-31-22-6-4-5-19(23(22)30)21-15-20(17-7-9-18(25)10-8-17)26-24(27-21)11-13-28(14-12-24)16(2)29/h4-10,21,27,30H,3,11-15H2,1-2H3. The van der Waals surface area contributed by atoms with Crippen molar-refractivity contribution in [2.45, 2.75) is 44.8 Å². The van der Waals surface area contributed by atoms with Crippen molar-refractivity contribution in [1.82, 2.24) is 10.2 Å². The van der Waals surface area contributed by atoms with Gasteiger partial charge in [-0.2, -0.15) is 0 Å². The molecule has 6 nitrogen and oxygen atoms in total. The number of carbonyl (C=O) groups excluding carboxylic acids is 1. The van der Waals surface area contributed by atoms with Gasteiger partial charge in [-0.15, -0.1) is 0 Å². The van der Waals surface area contributed by atoms with Crippen LogP contribution in [0.25, 0.3) is 0 Å². The van der Waals surface area contributed by atoms with Crippen molar-refractivity contribution in [2.24, 2.45) is 4.99 Å². The molecule has 164 valence electrons. The molecule has 0 aromatic heterocycles. The molecule has 0 radical (unpaired) electrons. The molecule has 1 fully saturated rings. The number of rotatable bonds is 4. The number of phenols is 1. The van der Waals surface area contributed by atoms with Gasteiger partial charge >= 0.3 is 0 Å². The molecule has 1 spiro atoms. The predicted octanol–water partition coefficient (Wildman–Crippen LogP) is 4.31. The van der Waals surface area contributed by atoms with E-state index in [1.165, 1.54) is 0 Å². The van der Waals surface area contributed by atoms with Gasteiger partial charge in [0, 0.05) is 61.6 Å². The van der Waals surface area contributed by atoms with Crippen molar-refractivity contribution in [3.8, 4) is 11.5 Å². The van der Waals surface area contributed by atoms with Gasteiger partial charge in [0.25, 0.3) is 0 Å². The van der Waals surface area contributed by atoms with E-state index in [4.69, 9.17) is 21.3 Å². The first kappa shape index (κ1) is 21.7. The normalized spacial score (nSPS) is 20.4. The van der Waals surface area contributed by atoms with Crippen molar-refractivity contribution in [3.05, 3.63) is 58.6 Å². The molecule has 2 N–H and O–H groups in total. The molecule has 7 heteroatoms. The fraction of sp³-hybridized carbons (Fsp3) is 0.417. The van der Waals surface area contributed by atoms with Crippen LogP contribution in [-0.2, 0) is 4.79 Å². The monoisotopic (exact) mass is 441 g/mol. The molecule has 1 atom stereocenters. The summed E-state index contributed by atoms with van der Waals surface area (Å²) in [6.07, 6.45) is 2.06. The van der Waals surface area contributed by atoms with E-state index in [9.17, 15) is 9.90 Å². The Morgan fingerprint density at radius 1 is 1.26 bits per heavy atom. The largest absolute Gasteiger partial charge is 0.504 e. The van der Waals surface area contributed by atoms with Crippen molar-refractivity contribution >= 4 is 23.2 Å². The lowest BCUT2D eigenvalue weighted by molar-refractivity contribution is -0.130. The zero-order valence-electron chi connectivity index (χ0n) is 17.9. The molecular formula is C24H28ClN3O3. The fourth-order valence-corrected chi connectivity index (χ4v) is 4.58. The SMILES string of the molecule is CCOc1cccc(C2CC(c3ccc(Cl)cc3)=NC3(CCN(C(C)=O)CC3)N2)c1O. The summed E-state index contributed by atoms with van der Waals surface area (Å²) in [5.74, 6) is 0.736. The number of aromatic hydroxyl groups is 1. The number of amides is 1. The summed E-state index contributed by atoms with van der Waals surface area (Å²) >= 11 is 6.09. The highest BCUT2D eigenvalue weighted by Crippen LogP contribution is 2.40. The number of aliphatic imine (C=N–C) groups is 1. The smallest absolute Gasteiger partial charge is 0.219 e. The Kier molecular flexibility index (Phi) is 6.21. The van der Waals surface area contributed by atoms with E-state index < -0.39 is 5.66 Å². The molecule has 2 aromatic carbocycles. The molecule has 1 amide bonds. The van der Waals surface area contributed by atoms with Gasteiger partial charge in [-0.25, -0.2) is 0 Å². The third-order valence-corrected chi connectivity index (χ3v) is 6.36. The second-order valence-corrected chi connectivity index (χ2v) is 8.57. The lowest BCUT2D eigenvalue weighted by atomic mass is 9.87. The Balaban J connectivity index is 1.71. The fourth-order valence-electron chi connectivity index (χ4n) is 4.46. The van der Waals surface area contributed by atoms with E-state index in [0.29, 0.717) is 49.7 Å². The van der Waals surface area contributed by atoms with Crippen LogP contribution in [0.2, 0.25) is 5.02 Å². The van der Waals surface area contributed by atoms with Gasteiger partial charge in [0.2, 0.25) is 5.91 Å². The third kappa shape index (κ3) is 4.55. The summed E-state index contributed by atoms with van der Waals surface area (Å²) in [4.78, 5) is 18.8. The number of likely N-dealkylation sites (tertiary alicyclic amines) is 1. The van der Waals surface area contributed by atoms with Gasteiger partial charge in [-0.3, -0.25) is 15.1 Å². The number of ether oxygens (including phenoxy) is 1. The molecule has 0 aliphatic carbocycles. The van der Waals surface area contributed by atoms with Gasteiger partial charge in [0.15, 0.2) is 11.5 Å². The first-order chi connectivity index (χ1) is 14.9. The highest BCUT2D eigenvalue weighted by Gasteiger charge is 2.41. The number of piperidine rings is 1. The Morgan fingerprint density at radius 2 is 1.97 bits per heavy atom. The molecule has 2 aromatic rings. The van der Waals surface area contributed by atoms with E-state index in [1.54, 1.807) is 13.0 Å². The van der Waals surface area contributed by atoms with Crippen LogP contribution >= 0.6 is 11.6 Å². The number of carbonyl (C=O) groups is 1. The van der Waals surface area contributed by atoms with Crippen molar-refractivity contribution < 1.29 is 14.6 Å². The molecule has 2 heterocycles. The Morgan fingerprint density at radius 3 is 2.61 bits per heavy atom. The first-order valence-electron chi connectivity index (χ1n) is 10.7. The summed E-state index contributed by atoms with van der Waals surface area (Å²) in [6, 6.07) is 13.2. The number of nitrogens with one attached hydrogen (secondary N) is 1. The van der Waals surface area contributed by atoms with Crippen LogP contribution in [0.5, 0.6) is 11.5 Å². The molecule has 2 aliphatic rings.